The Kier molecular flexibility index (Phi) is 12.2. The van der Waals surface area contributed by atoms with Crippen molar-refractivity contribution in [1.29, 1.82) is 0 Å². The van der Waals surface area contributed by atoms with Crippen molar-refractivity contribution in [3.05, 3.63) is 110 Å². The van der Waals surface area contributed by atoms with E-state index < -0.39 is 18.3 Å². The lowest BCUT2D eigenvalue weighted by Gasteiger charge is -2.33. The van der Waals surface area contributed by atoms with Crippen molar-refractivity contribution in [2.24, 2.45) is 4.99 Å². The second-order valence-electron chi connectivity index (χ2n) is 16.6. The fourth-order valence-electron chi connectivity index (χ4n) is 9.06. The summed E-state index contributed by atoms with van der Waals surface area (Å²) in [6.07, 6.45) is 6.90. The fourth-order valence-corrected chi connectivity index (χ4v) is 10.4. The number of amides is 3. The Labute approximate surface area is 374 Å². The number of thiophene rings is 1. The van der Waals surface area contributed by atoms with Crippen LogP contribution < -0.4 is 16.0 Å². The van der Waals surface area contributed by atoms with E-state index in [2.05, 4.69) is 54.9 Å². The minimum atomic E-state index is -0.853. The number of piperidine rings is 2. The van der Waals surface area contributed by atoms with Crippen LogP contribution in [0.15, 0.2) is 59.9 Å². The first-order valence-corrected chi connectivity index (χ1v) is 22.8. The number of carbonyl (C=O) groups is 3. The molecule has 7 heterocycles. The van der Waals surface area contributed by atoms with Gasteiger partial charge in [0.15, 0.2) is 5.82 Å². The summed E-state index contributed by atoms with van der Waals surface area (Å²) in [5.74, 6) is 7.58. The molecule has 4 aliphatic heterocycles. The van der Waals surface area contributed by atoms with Crippen molar-refractivity contribution in [2.45, 2.75) is 96.7 Å². The fraction of sp³-hybridized carbons (Fsp3) is 0.413. The van der Waals surface area contributed by atoms with Gasteiger partial charge in [0.25, 0.3) is 5.91 Å². The molecular weight excluding hydrogens is 838 g/mol. The van der Waals surface area contributed by atoms with E-state index in [9.17, 15) is 19.5 Å². The first-order chi connectivity index (χ1) is 30.5. The molecule has 0 spiro atoms. The predicted molar refractivity (Wildman–Crippen MR) is 241 cm³/mol. The van der Waals surface area contributed by atoms with E-state index in [4.69, 9.17) is 16.6 Å². The number of rotatable bonds is 11. The number of anilines is 1. The first kappa shape index (κ1) is 42.4. The molecule has 17 heteroatoms. The van der Waals surface area contributed by atoms with E-state index in [1.165, 1.54) is 0 Å². The monoisotopic (exact) mass is 887 g/mol. The highest BCUT2D eigenvalue weighted by atomic mass is 35.5. The number of aromatic nitrogens is 5. The number of likely N-dealkylation sites (tertiary alicyclic amines) is 1. The molecule has 2 unspecified atom stereocenters. The lowest BCUT2D eigenvalue weighted by molar-refractivity contribution is -0.132. The SMILES string of the molecule is CCNC(=O)C[C@@H]1N=C(c2ccc(Cl)cc2)c2c(sc(C#Cc3cnn(CCCN4CCC(Nc5cccc6c5CN(C5CCC(O)NC5=O)C6=O)CC4)c3)c2C)-n2c(C)nnc21. The standard InChI is InChI=1S/C46H50ClN11O4S/c1-4-48-40(60)23-36-43-54-53-28(3)58(43)46-41(42(51-36)30-10-12-31(47)13-11-30)27(2)38(63-46)15-9-29-24-49-56(25-29)20-6-19-55-21-17-32(18-22-55)50-35-8-5-7-33-34(35)26-57(45(33)62)37-14-16-39(59)52-44(37)61/h5,7-8,10-13,24-25,32,36-37,39,50,59H,4,6,14,16-23,26H2,1-3H3,(H,48,60)(H,52,61)/t36-,37?,39?/m0/s1. The Hall–Kier alpha value is -5.86. The molecule has 326 valence electrons. The van der Waals surface area contributed by atoms with Crippen LogP contribution >= 0.6 is 22.9 Å². The molecule has 3 amide bonds. The zero-order valence-electron chi connectivity index (χ0n) is 35.5. The predicted octanol–water partition coefficient (Wildman–Crippen LogP) is 5.13. The smallest absolute Gasteiger partial charge is 0.255 e. The maximum absolute atomic E-state index is 13.3. The van der Waals surface area contributed by atoms with Crippen molar-refractivity contribution in [3.63, 3.8) is 0 Å². The van der Waals surface area contributed by atoms with Gasteiger partial charge in [-0.1, -0.05) is 41.6 Å². The van der Waals surface area contributed by atoms with Gasteiger partial charge in [-0.25, -0.2) is 0 Å². The number of aryl methyl sites for hydroxylation is 2. The third-order valence-electron chi connectivity index (χ3n) is 12.3. The average Bonchev–Trinajstić information content (AvgIpc) is 4.03. The van der Waals surface area contributed by atoms with Crippen LogP contribution in [0.2, 0.25) is 5.02 Å². The van der Waals surface area contributed by atoms with Gasteiger partial charge in [-0.15, -0.1) is 21.5 Å². The molecule has 0 bridgehead atoms. The normalized spacial score (nSPS) is 19.9. The van der Waals surface area contributed by atoms with Crippen LogP contribution in [-0.4, -0.2) is 107 Å². The maximum atomic E-state index is 13.3. The van der Waals surface area contributed by atoms with Crippen LogP contribution in [0.25, 0.3) is 5.00 Å². The van der Waals surface area contributed by atoms with E-state index in [0.29, 0.717) is 48.2 Å². The van der Waals surface area contributed by atoms with Crippen LogP contribution in [0.1, 0.15) is 106 Å². The molecule has 5 aromatic rings. The second-order valence-corrected chi connectivity index (χ2v) is 18.0. The summed E-state index contributed by atoms with van der Waals surface area (Å²) in [6, 6.07) is 12.6. The van der Waals surface area contributed by atoms with Crippen molar-refractivity contribution in [3.8, 4) is 16.8 Å². The molecule has 0 saturated carbocycles. The van der Waals surface area contributed by atoms with Crippen LogP contribution in [0, 0.1) is 25.7 Å². The Morgan fingerprint density at radius 3 is 2.62 bits per heavy atom. The van der Waals surface area contributed by atoms with Gasteiger partial charge >= 0.3 is 0 Å². The highest BCUT2D eigenvalue weighted by Crippen LogP contribution is 2.40. The molecule has 2 aromatic carbocycles. The number of nitrogens with one attached hydrogen (secondary N) is 3. The third kappa shape index (κ3) is 8.75. The summed E-state index contributed by atoms with van der Waals surface area (Å²) < 4.78 is 3.98. The van der Waals surface area contributed by atoms with Crippen molar-refractivity contribution in [1.82, 2.24) is 45.0 Å². The number of carbonyl (C=O) groups excluding carboxylic acids is 3. The van der Waals surface area contributed by atoms with E-state index in [1.807, 2.05) is 78.0 Å². The first-order valence-electron chi connectivity index (χ1n) is 21.7. The zero-order valence-corrected chi connectivity index (χ0v) is 37.1. The molecule has 9 rings (SSSR count). The number of hydrogen-bond donors (Lipinski definition) is 4. The molecule has 4 aliphatic rings. The number of fused-ring (bicyclic) bond motifs is 4. The highest BCUT2D eigenvalue weighted by molar-refractivity contribution is 7.15. The Morgan fingerprint density at radius 1 is 1.03 bits per heavy atom. The van der Waals surface area contributed by atoms with Gasteiger partial charge in [0.1, 0.15) is 29.1 Å². The molecule has 3 atom stereocenters. The quantitative estimate of drug-likeness (QED) is 0.131. The Balaban J connectivity index is 0.822. The van der Waals surface area contributed by atoms with Crippen molar-refractivity contribution in [2.75, 3.05) is 31.5 Å². The van der Waals surface area contributed by atoms with Gasteiger partial charge < -0.3 is 30.9 Å². The number of aliphatic imine (C=N–C) groups is 1. The Morgan fingerprint density at radius 2 is 1.84 bits per heavy atom. The van der Waals surface area contributed by atoms with Gasteiger partial charge in [-0.05, 0) is 89.2 Å². The second kappa shape index (κ2) is 18.1. The summed E-state index contributed by atoms with van der Waals surface area (Å²) in [7, 11) is 0. The minimum absolute atomic E-state index is 0.102. The molecular formula is C46H50ClN11O4S. The van der Waals surface area contributed by atoms with Crippen LogP contribution in [0.3, 0.4) is 0 Å². The molecule has 2 saturated heterocycles. The van der Waals surface area contributed by atoms with Gasteiger partial charge in [0.2, 0.25) is 11.8 Å². The molecule has 2 fully saturated rings. The van der Waals surface area contributed by atoms with Crippen LogP contribution in [0.5, 0.6) is 0 Å². The van der Waals surface area contributed by atoms with E-state index >= 15 is 0 Å². The van der Waals surface area contributed by atoms with Gasteiger partial charge in [0, 0.05) is 77.9 Å². The minimum Gasteiger partial charge on any atom is -0.382 e. The molecule has 63 heavy (non-hydrogen) atoms. The Bertz CT molecular complexity index is 2650. The van der Waals surface area contributed by atoms with Gasteiger partial charge in [-0.2, -0.15) is 5.10 Å². The summed E-state index contributed by atoms with van der Waals surface area (Å²) in [4.78, 5) is 49.0. The van der Waals surface area contributed by atoms with E-state index in [1.54, 1.807) is 16.2 Å². The van der Waals surface area contributed by atoms with Crippen LogP contribution in [-0.2, 0) is 22.7 Å². The third-order valence-corrected chi connectivity index (χ3v) is 13.8. The molecule has 15 nitrogen and oxygen atoms in total. The zero-order chi connectivity index (χ0) is 43.8. The molecule has 3 aromatic heterocycles. The summed E-state index contributed by atoms with van der Waals surface area (Å²) in [5.41, 5.74) is 6.94. The number of benzene rings is 2. The summed E-state index contributed by atoms with van der Waals surface area (Å²) >= 11 is 7.86. The highest BCUT2D eigenvalue weighted by Gasteiger charge is 2.40. The number of nitrogens with zero attached hydrogens (tertiary/aromatic N) is 8. The topological polar surface area (TPSA) is 175 Å². The van der Waals surface area contributed by atoms with Crippen LogP contribution in [0.4, 0.5) is 5.69 Å². The number of aliphatic hydroxyl groups excluding tert-OH is 1. The summed E-state index contributed by atoms with van der Waals surface area (Å²) in [6.45, 7) is 10.5. The number of halogens is 1. The maximum Gasteiger partial charge on any atom is 0.255 e. The lowest BCUT2D eigenvalue weighted by Crippen LogP contribution is -2.54. The van der Waals surface area contributed by atoms with Crippen molar-refractivity contribution < 1.29 is 19.5 Å². The van der Waals surface area contributed by atoms with E-state index in [0.717, 1.165) is 94.5 Å². The molecule has 0 aliphatic carbocycles. The van der Waals surface area contributed by atoms with Gasteiger partial charge in [0.05, 0.1) is 28.8 Å². The lowest BCUT2D eigenvalue weighted by atomic mass is 9.99. The number of aliphatic hydroxyl groups is 1. The van der Waals surface area contributed by atoms with Crippen molar-refractivity contribution >= 4 is 52.1 Å². The largest absolute Gasteiger partial charge is 0.382 e. The molecule has 0 radical (unpaired) electrons. The summed E-state index contributed by atoms with van der Waals surface area (Å²) in [5, 5.41) is 34.1. The average molecular weight is 888 g/mol. The molecule has 4 N–H and O–H groups in total. The van der Waals surface area contributed by atoms with E-state index in [-0.39, 0.29) is 30.2 Å². The van der Waals surface area contributed by atoms with Gasteiger partial charge in [-0.3, -0.25) is 28.6 Å². The number of hydrogen-bond acceptors (Lipinski definition) is 11.